The first-order valence-corrected chi connectivity index (χ1v) is 6.49. The van der Waals surface area contributed by atoms with Crippen molar-refractivity contribution in [2.45, 2.75) is 39.0 Å². The normalized spacial score (nSPS) is 17.6. The van der Waals surface area contributed by atoms with Gasteiger partial charge in [-0.1, -0.05) is 19.8 Å². The zero-order valence-corrected chi connectivity index (χ0v) is 10.7. The maximum Gasteiger partial charge on any atom is 0.274 e. The highest BCUT2D eigenvalue weighted by Gasteiger charge is 2.31. The van der Waals surface area contributed by atoms with Gasteiger partial charge >= 0.3 is 0 Å². The largest absolute Gasteiger partial charge is 0.369 e. The molecule has 1 fully saturated rings. The van der Waals surface area contributed by atoms with E-state index in [1.165, 1.54) is 44.0 Å². The lowest BCUT2D eigenvalue weighted by atomic mass is 9.83. The molecule has 0 aliphatic heterocycles. The number of hydrogen-bond donors (Lipinski definition) is 1. The van der Waals surface area contributed by atoms with Crippen LogP contribution in [0.3, 0.4) is 0 Å². The third-order valence-corrected chi connectivity index (χ3v) is 4.01. The van der Waals surface area contributed by atoms with Crippen molar-refractivity contribution in [2.75, 3.05) is 11.9 Å². The fraction of sp³-hybridized carbons (Fsp3) is 0.615. The minimum absolute atomic E-state index is 0.0875. The van der Waals surface area contributed by atoms with Crippen molar-refractivity contribution in [3.8, 4) is 0 Å². The second kappa shape index (κ2) is 5.33. The van der Waals surface area contributed by atoms with Crippen LogP contribution in [0.4, 0.5) is 11.5 Å². The summed E-state index contributed by atoms with van der Waals surface area (Å²) in [5.41, 5.74) is 0.441. The summed E-state index contributed by atoms with van der Waals surface area (Å²) in [5, 5.41) is 13.9. The van der Waals surface area contributed by atoms with Crippen molar-refractivity contribution < 1.29 is 4.92 Å². The predicted molar refractivity (Wildman–Crippen MR) is 70.6 cm³/mol. The topological polar surface area (TPSA) is 68.1 Å². The molecule has 0 unspecified atom stereocenters. The Morgan fingerprint density at radius 1 is 1.50 bits per heavy atom. The van der Waals surface area contributed by atoms with Gasteiger partial charge in [0.15, 0.2) is 0 Å². The van der Waals surface area contributed by atoms with Crippen LogP contribution in [0.25, 0.3) is 0 Å². The van der Waals surface area contributed by atoms with Gasteiger partial charge in [0, 0.05) is 18.8 Å². The maximum absolute atomic E-state index is 10.7. The lowest BCUT2D eigenvalue weighted by Gasteiger charge is -2.27. The molecule has 0 atom stereocenters. The van der Waals surface area contributed by atoms with E-state index < -0.39 is 4.92 Å². The number of hydrogen-bond acceptors (Lipinski definition) is 4. The fourth-order valence-electron chi connectivity index (χ4n) is 2.69. The van der Waals surface area contributed by atoms with Crippen LogP contribution in [0.2, 0.25) is 0 Å². The van der Waals surface area contributed by atoms with Crippen molar-refractivity contribution in [3.63, 3.8) is 0 Å². The highest BCUT2D eigenvalue weighted by molar-refractivity contribution is 5.44. The number of nitrogens with one attached hydrogen (secondary N) is 1. The molecule has 0 aromatic carbocycles. The maximum atomic E-state index is 10.7. The van der Waals surface area contributed by atoms with Crippen molar-refractivity contribution >= 4 is 11.5 Å². The lowest BCUT2D eigenvalue weighted by molar-refractivity contribution is -0.384. The molecule has 1 aromatic rings. The molecule has 5 heteroatoms. The Morgan fingerprint density at radius 3 is 2.83 bits per heavy atom. The van der Waals surface area contributed by atoms with E-state index in [1.807, 2.05) is 0 Å². The smallest absolute Gasteiger partial charge is 0.274 e. The Hall–Kier alpha value is -1.65. The molecular weight excluding hydrogens is 230 g/mol. The molecule has 0 saturated heterocycles. The second-order valence-electron chi connectivity index (χ2n) is 5.07. The van der Waals surface area contributed by atoms with Gasteiger partial charge in [0.2, 0.25) is 0 Å². The van der Waals surface area contributed by atoms with Gasteiger partial charge in [-0.15, -0.1) is 0 Å². The van der Waals surface area contributed by atoms with Crippen LogP contribution in [0.5, 0.6) is 0 Å². The van der Waals surface area contributed by atoms with Crippen molar-refractivity contribution in [1.29, 1.82) is 0 Å². The third kappa shape index (κ3) is 2.78. The minimum Gasteiger partial charge on any atom is -0.369 e. The molecule has 1 saturated carbocycles. The molecule has 1 aliphatic carbocycles. The van der Waals surface area contributed by atoms with Crippen LogP contribution >= 0.6 is 0 Å². The average Bonchev–Trinajstić information content (AvgIpc) is 2.86. The van der Waals surface area contributed by atoms with Crippen molar-refractivity contribution in [3.05, 3.63) is 28.4 Å². The average molecular weight is 249 g/mol. The molecule has 18 heavy (non-hydrogen) atoms. The van der Waals surface area contributed by atoms with E-state index in [4.69, 9.17) is 0 Å². The molecular formula is C13H19N3O2. The van der Waals surface area contributed by atoms with Gasteiger partial charge in [-0.3, -0.25) is 10.1 Å². The summed E-state index contributed by atoms with van der Waals surface area (Å²) in [6, 6.07) is 2.91. The van der Waals surface area contributed by atoms with Gasteiger partial charge in [0.1, 0.15) is 5.82 Å². The van der Waals surface area contributed by atoms with Gasteiger partial charge in [0.05, 0.1) is 11.0 Å². The van der Waals surface area contributed by atoms with E-state index in [1.54, 1.807) is 0 Å². The number of pyridine rings is 1. The predicted octanol–water partition coefficient (Wildman–Crippen LogP) is 3.37. The highest BCUT2D eigenvalue weighted by atomic mass is 16.6. The van der Waals surface area contributed by atoms with Crippen molar-refractivity contribution in [1.82, 2.24) is 4.98 Å². The van der Waals surface area contributed by atoms with Crippen LogP contribution in [-0.2, 0) is 0 Å². The number of aromatic nitrogens is 1. The van der Waals surface area contributed by atoms with Crippen LogP contribution in [0.1, 0.15) is 39.0 Å². The number of nitro groups is 1. The molecule has 1 aliphatic rings. The standard InChI is InChI=1S/C13H19N3O2/c1-2-13(6-3-4-7-13)10-15-12-9-11(16(17)18)5-8-14-12/h5,8-9H,2-4,6-7,10H2,1H3,(H,14,15). The summed E-state index contributed by atoms with van der Waals surface area (Å²) in [4.78, 5) is 14.4. The van der Waals surface area contributed by atoms with E-state index >= 15 is 0 Å². The first-order valence-electron chi connectivity index (χ1n) is 6.49. The first-order chi connectivity index (χ1) is 8.65. The quantitative estimate of drug-likeness (QED) is 0.641. The molecule has 2 rings (SSSR count). The molecule has 1 aromatic heterocycles. The van der Waals surface area contributed by atoms with E-state index in [-0.39, 0.29) is 5.69 Å². The summed E-state index contributed by atoms with van der Waals surface area (Å²) in [5.74, 6) is 0.601. The Balaban J connectivity index is 2.01. The molecule has 1 heterocycles. The van der Waals surface area contributed by atoms with Gasteiger partial charge in [-0.05, 0) is 24.7 Å². The highest BCUT2D eigenvalue weighted by Crippen LogP contribution is 2.40. The monoisotopic (exact) mass is 249 g/mol. The summed E-state index contributed by atoms with van der Waals surface area (Å²) in [7, 11) is 0. The van der Waals surface area contributed by atoms with Gasteiger partial charge in [-0.25, -0.2) is 4.98 Å². The molecule has 0 bridgehead atoms. The van der Waals surface area contributed by atoms with E-state index in [0.29, 0.717) is 11.2 Å². The lowest BCUT2D eigenvalue weighted by Crippen LogP contribution is -2.26. The summed E-state index contributed by atoms with van der Waals surface area (Å²) in [6.07, 6.45) is 7.69. The van der Waals surface area contributed by atoms with Gasteiger partial charge < -0.3 is 5.32 Å². The number of rotatable bonds is 5. The SMILES string of the molecule is CCC1(CNc2cc([N+](=O)[O-])ccn2)CCCC1. The first kappa shape index (κ1) is 12.8. The molecule has 0 radical (unpaired) electrons. The van der Waals surface area contributed by atoms with Gasteiger partial charge in [-0.2, -0.15) is 0 Å². The van der Waals surface area contributed by atoms with E-state index in [2.05, 4.69) is 17.2 Å². The molecule has 0 amide bonds. The minimum atomic E-state index is -0.391. The fourth-order valence-corrected chi connectivity index (χ4v) is 2.69. The third-order valence-electron chi connectivity index (χ3n) is 4.01. The zero-order chi connectivity index (χ0) is 13.0. The summed E-state index contributed by atoms with van der Waals surface area (Å²) in [6.45, 7) is 3.07. The zero-order valence-electron chi connectivity index (χ0n) is 10.7. The Morgan fingerprint density at radius 2 is 2.22 bits per heavy atom. The van der Waals surface area contributed by atoms with E-state index in [0.717, 1.165) is 13.0 Å². The number of nitrogens with zero attached hydrogens (tertiary/aromatic N) is 2. The van der Waals surface area contributed by atoms with Crippen molar-refractivity contribution in [2.24, 2.45) is 5.41 Å². The Labute approximate surface area is 107 Å². The molecule has 0 spiro atoms. The second-order valence-corrected chi connectivity index (χ2v) is 5.07. The summed E-state index contributed by atoms with van der Waals surface area (Å²) < 4.78 is 0. The Kier molecular flexibility index (Phi) is 3.79. The van der Waals surface area contributed by atoms with Crippen LogP contribution in [0.15, 0.2) is 18.3 Å². The van der Waals surface area contributed by atoms with E-state index in [9.17, 15) is 10.1 Å². The Bertz CT molecular complexity index is 428. The number of anilines is 1. The molecule has 5 nitrogen and oxygen atoms in total. The van der Waals surface area contributed by atoms with Gasteiger partial charge in [0.25, 0.3) is 5.69 Å². The molecule has 1 N–H and O–H groups in total. The van der Waals surface area contributed by atoms with Crippen LogP contribution in [-0.4, -0.2) is 16.5 Å². The van der Waals surface area contributed by atoms with Crippen LogP contribution in [0, 0.1) is 15.5 Å². The molecule has 98 valence electrons. The van der Waals surface area contributed by atoms with Crippen LogP contribution < -0.4 is 5.32 Å². The summed E-state index contributed by atoms with van der Waals surface area (Å²) >= 11 is 0.